The summed E-state index contributed by atoms with van der Waals surface area (Å²) in [4.78, 5) is 14.3. The Morgan fingerprint density at radius 2 is 1.83 bits per heavy atom. The van der Waals surface area contributed by atoms with Crippen molar-refractivity contribution in [2.24, 2.45) is 0 Å². The number of likely N-dealkylation sites (N-methyl/N-ethyl adjacent to an activating group) is 1. The van der Waals surface area contributed by atoms with Crippen LogP contribution in [0.1, 0.15) is 12.5 Å². The summed E-state index contributed by atoms with van der Waals surface area (Å²) in [5, 5.41) is 6.26. The summed E-state index contributed by atoms with van der Waals surface area (Å²) in [6.07, 6.45) is 0.817. The van der Waals surface area contributed by atoms with Crippen molar-refractivity contribution >= 4 is 34.7 Å². The van der Waals surface area contributed by atoms with Crippen LogP contribution in [-0.4, -0.2) is 12.6 Å². The molecule has 0 unspecified atom stereocenters. The fourth-order valence-corrected chi connectivity index (χ4v) is 2.90. The third-order valence-electron chi connectivity index (χ3n) is 3.82. The maximum absolute atomic E-state index is 12.1. The number of rotatable bonds is 3. The van der Waals surface area contributed by atoms with Crippen molar-refractivity contribution in [3.05, 3.63) is 65.3 Å². The second kappa shape index (κ2) is 6.34. The van der Waals surface area contributed by atoms with Gasteiger partial charge in [0.1, 0.15) is 0 Å². The lowest BCUT2D eigenvalue weighted by molar-refractivity contribution is 0.262. The van der Waals surface area contributed by atoms with E-state index in [1.54, 1.807) is 24.3 Å². The average molecular weight is 328 g/mol. The lowest BCUT2D eigenvalue weighted by atomic mass is 10.1. The number of allylic oxidation sites excluding steroid dienone is 1. The molecule has 0 spiro atoms. The fourth-order valence-electron chi connectivity index (χ4n) is 2.77. The predicted molar refractivity (Wildman–Crippen MR) is 96.4 cm³/mol. The Bertz CT molecular complexity index is 755. The molecule has 0 saturated heterocycles. The molecule has 2 N–H and O–H groups in total. The molecule has 5 heteroatoms. The van der Waals surface area contributed by atoms with E-state index in [0.29, 0.717) is 10.7 Å². The summed E-state index contributed by atoms with van der Waals surface area (Å²) in [6, 6.07) is 12.6. The van der Waals surface area contributed by atoms with Gasteiger partial charge in [0.05, 0.1) is 0 Å². The molecular weight excluding hydrogens is 310 g/mol. The number of fused-ring (bicyclic) bond motifs is 1. The Labute approximate surface area is 140 Å². The molecule has 2 aromatic rings. The summed E-state index contributed by atoms with van der Waals surface area (Å²) in [5.74, 6) is 0. The number of amides is 2. The summed E-state index contributed by atoms with van der Waals surface area (Å²) >= 11 is 5.83. The minimum absolute atomic E-state index is 0.281. The number of carbonyl (C=O) groups is 1. The van der Waals surface area contributed by atoms with Crippen LogP contribution in [0.4, 0.5) is 21.9 Å². The SMILES string of the molecule is C=C1Cc2cc(NC(=O)Nc3ccc(Cl)cc3)ccc2N1CC. The number of urea groups is 1. The zero-order valence-electron chi connectivity index (χ0n) is 12.9. The molecule has 118 valence electrons. The van der Waals surface area contributed by atoms with Crippen molar-refractivity contribution in [1.29, 1.82) is 0 Å². The molecule has 0 fully saturated rings. The van der Waals surface area contributed by atoms with Crippen molar-refractivity contribution in [2.75, 3.05) is 22.1 Å². The van der Waals surface area contributed by atoms with E-state index in [1.807, 2.05) is 18.2 Å². The zero-order chi connectivity index (χ0) is 16.4. The first-order valence-electron chi connectivity index (χ1n) is 7.48. The van der Waals surface area contributed by atoms with E-state index in [1.165, 1.54) is 11.3 Å². The van der Waals surface area contributed by atoms with Crippen molar-refractivity contribution in [2.45, 2.75) is 13.3 Å². The molecule has 0 radical (unpaired) electrons. The summed E-state index contributed by atoms with van der Waals surface area (Å²) in [7, 11) is 0. The maximum atomic E-state index is 12.1. The van der Waals surface area contributed by atoms with E-state index in [-0.39, 0.29) is 6.03 Å². The smallest absolute Gasteiger partial charge is 0.323 e. The monoisotopic (exact) mass is 327 g/mol. The lowest BCUT2D eigenvalue weighted by Gasteiger charge is -2.18. The third kappa shape index (κ3) is 3.32. The van der Waals surface area contributed by atoms with Crippen LogP contribution in [0.5, 0.6) is 0 Å². The number of nitrogens with zero attached hydrogens (tertiary/aromatic N) is 1. The van der Waals surface area contributed by atoms with Gasteiger partial charge in [0.15, 0.2) is 0 Å². The number of hydrogen-bond donors (Lipinski definition) is 2. The largest absolute Gasteiger partial charge is 0.345 e. The van der Waals surface area contributed by atoms with E-state index in [9.17, 15) is 4.79 Å². The molecule has 2 amide bonds. The zero-order valence-corrected chi connectivity index (χ0v) is 13.7. The van der Waals surface area contributed by atoms with Crippen molar-refractivity contribution < 1.29 is 4.79 Å². The third-order valence-corrected chi connectivity index (χ3v) is 4.07. The second-order valence-electron chi connectivity index (χ2n) is 5.42. The van der Waals surface area contributed by atoms with Crippen LogP contribution < -0.4 is 15.5 Å². The Kier molecular flexibility index (Phi) is 4.26. The van der Waals surface area contributed by atoms with Crippen LogP contribution in [0.25, 0.3) is 0 Å². The van der Waals surface area contributed by atoms with E-state index in [0.717, 1.165) is 24.4 Å². The number of halogens is 1. The van der Waals surface area contributed by atoms with Gasteiger partial charge in [-0.1, -0.05) is 18.2 Å². The van der Waals surface area contributed by atoms with Crippen LogP contribution in [0.15, 0.2) is 54.7 Å². The van der Waals surface area contributed by atoms with Crippen molar-refractivity contribution in [1.82, 2.24) is 0 Å². The molecule has 1 heterocycles. The van der Waals surface area contributed by atoms with Crippen LogP contribution in [0.2, 0.25) is 5.02 Å². The van der Waals surface area contributed by atoms with Crippen molar-refractivity contribution in [3.63, 3.8) is 0 Å². The Morgan fingerprint density at radius 3 is 2.52 bits per heavy atom. The summed E-state index contributed by atoms with van der Waals surface area (Å²) < 4.78 is 0. The number of anilines is 3. The Hall–Kier alpha value is -2.46. The van der Waals surface area contributed by atoms with Gasteiger partial charge in [-0.3, -0.25) is 0 Å². The summed E-state index contributed by atoms with van der Waals surface area (Å²) in [5.41, 5.74) is 4.90. The molecule has 4 nitrogen and oxygen atoms in total. The van der Waals surface area contributed by atoms with Gasteiger partial charge in [0, 0.05) is 40.7 Å². The Morgan fingerprint density at radius 1 is 1.17 bits per heavy atom. The predicted octanol–water partition coefficient (Wildman–Crippen LogP) is 4.88. The highest BCUT2D eigenvalue weighted by molar-refractivity contribution is 6.30. The highest BCUT2D eigenvalue weighted by atomic mass is 35.5. The van der Waals surface area contributed by atoms with Gasteiger partial charge < -0.3 is 15.5 Å². The second-order valence-corrected chi connectivity index (χ2v) is 5.85. The first-order chi connectivity index (χ1) is 11.1. The van der Waals surface area contributed by atoms with E-state index in [2.05, 4.69) is 29.0 Å². The quantitative estimate of drug-likeness (QED) is 0.843. The molecular formula is C18H18ClN3O. The van der Waals surface area contributed by atoms with Gasteiger partial charge in [-0.05, 0) is 55.0 Å². The molecule has 0 aliphatic carbocycles. The molecule has 0 atom stereocenters. The van der Waals surface area contributed by atoms with E-state index in [4.69, 9.17) is 11.6 Å². The number of hydrogen-bond acceptors (Lipinski definition) is 2. The van der Waals surface area contributed by atoms with Gasteiger partial charge in [0.2, 0.25) is 0 Å². The fraction of sp³-hybridized carbons (Fsp3) is 0.167. The first-order valence-corrected chi connectivity index (χ1v) is 7.86. The van der Waals surface area contributed by atoms with Gasteiger partial charge in [-0.2, -0.15) is 0 Å². The number of nitrogens with one attached hydrogen (secondary N) is 2. The van der Waals surface area contributed by atoms with E-state index >= 15 is 0 Å². The molecule has 2 aromatic carbocycles. The molecule has 0 saturated carbocycles. The van der Waals surface area contributed by atoms with Crippen molar-refractivity contribution in [3.8, 4) is 0 Å². The van der Waals surface area contributed by atoms with Gasteiger partial charge >= 0.3 is 6.03 Å². The van der Waals surface area contributed by atoms with E-state index < -0.39 is 0 Å². The van der Waals surface area contributed by atoms with Crippen LogP contribution >= 0.6 is 11.6 Å². The van der Waals surface area contributed by atoms with Crippen LogP contribution in [-0.2, 0) is 6.42 Å². The van der Waals surface area contributed by atoms with Gasteiger partial charge in [-0.25, -0.2) is 4.79 Å². The topological polar surface area (TPSA) is 44.4 Å². The molecule has 0 aromatic heterocycles. The number of benzene rings is 2. The van der Waals surface area contributed by atoms with Crippen LogP contribution in [0.3, 0.4) is 0 Å². The number of carbonyl (C=O) groups excluding carboxylic acids is 1. The normalized spacial score (nSPS) is 13.0. The van der Waals surface area contributed by atoms with Gasteiger partial charge in [0.25, 0.3) is 0 Å². The molecule has 1 aliphatic heterocycles. The first kappa shape index (κ1) is 15.4. The Balaban J connectivity index is 1.69. The summed E-state index contributed by atoms with van der Waals surface area (Å²) in [6.45, 7) is 7.09. The molecule has 0 bridgehead atoms. The lowest BCUT2D eigenvalue weighted by Crippen LogP contribution is -2.19. The highest BCUT2D eigenvalue weighted by Crippen LogP contribution is 2.35. The van der Waals surface area contributed by atoms with Gasteiger partial charge in [-0.15, -0.1) is 0 Å². The highest BCUT2D eigenvalue weighted by Gasteiger charge is 2.21. The van der Waals surface area contributed by atoms with Crippen LogP contribution in [0, 0.1) is 0 Å². The molecule has 1 aliphatic rings. The standard InChI is InChI=1S/C18H18ClN3O/c1-3-22-12(2)10-13-11-16(8-9-17(13)22)21-18(23)20-15-6-4-14(19)5-7-15/h4-9,11H,2-3,10H2,1H3,(H2,20,21,23). The molecule has 3 rings (SSSR count). The maximum Gasteiger partial charge on any atom is 0.323 e. The minimum atomic E-state index is -0.281. The molecule has 23 heavy (non-hydrogen) atoms. The minimum Gasteiger partial charge on any atom is -0.345 e. The average Bonchev–Trinajstić information content (AvgIpc) is 2.83.